The Balaban J connectivity index is 1.43. The lowest BCUT2D eigenvalue weighted by Crippen LogP contribution is -2.50. The molecule has 2 aliphatic rings. The molecule has 0 spiro atoms. The zero-order chi connectivity index (χ0) is 25.2. The number of nitrogens with one attached hydrogen (secondary N) is 1. The van der Waals surface area contributed by atoms with Gasteiger partial charge >= 0.3 is 6.09 Å². The summed E-state index contributed by atoms with van der Waals surface area (Å²) in [5, 5.41) is 12.4. The van der Waals surface area contributed by atoms with E-state index in [1.54, 1.807) is 45.0 Å². The van der Waals surface area contributed by atoms with E-state index in [-0.39, 0.29) is 42.6 Å². The smallest absolute Gasteiger partial charge is 0.410 e. The van der Waals surface area contributed by atoms with E-state index >= 15 is 0 Å². The summed E-state index contributed by atoms with van der Waals surface area (Å²) in [5.41, 5.74) is 0.733. The molecule has 1 aromatic carbocycles. The highest BCUT2D eigenvalue weighted by molar-refractivity contribution is 5.93. The van der Waals surface area contributed by atoms with Crippen molar-refractivity contribution in [1.29, 1.82) is 5.26 Å². The van der Waals surface area contributed by atoms with Gasteiger partial charge in [0.1, 0.15) is 35.7 Å². The lowest BCUT2D eigenvalue weighted by atomic mass is 10.0. The fourth-order valence-corrected chi connectivity index (χ4v) is 3.71. The second-order valence-corrected chi connectivity index (χ2v) is 9.76. The van der Waals surface area contributed by atoms with Gasteiger partial charge in [0.25, 0.3) is 0 Å². The van der Waals surface area contributed by atoms with Crippen LogP contribution in [-0.2, 0) is 9.53 Å². The molecule has 9 nitrogen and oxygen atoms in total. The first-order chi connectivity index (χ1) is 16.6. The van der Waals surface area contributed by atoms with E-state index in [9.17, 15) is 19.2 Å². The minimum Gasteiger partial charge on any atom is -0.486 e. The van der Waals surface area contributed by atoms with Crippen molar-refractivity contribution in [2.45, 2.75) is 57.9 Å². The van der Waals surface area contributed by atoms with Crippen molar-refractivity contribution >= 4 is 17.8 Å². The summed E-state index contributed by atoms with van der Waals surface area (Å²) < 4.78 is 26.0. The lowest BCUT2D eigenvalue weighted by Gasteiger charge is -2.35. The summed E-state index contributed by atoms with van der Waals surface area (Å²) in [7, 11) is 0. The van der Waals surface area contributed by atoms with Crippen molar-refractivity contribution in [3.63, 3.8) is 0 Å². The number of hydrogen-bond acceptors (Lipinski definition) is 7. The standard InChI is InChI=1S/C25H28FN5O4/c1-25(2,3)35-24(33)31-9-8-21(18(26)13-31)34-20-7-6-16(10-17(20)12-27)19-11-22(29-14-28-19)30-23(32)15-4-5-15/h6-7,10-11,14-15,18,21H,4-5,8-9,13H2,1-3H3,(H,28,29,30,32)/t18-,21+/m1/s1. The molecular formula is C25H28FN5O4. The van der Waals surface area contributed by atoms with E-state index in [1.807, 2.05) is 0 Å². The molecule has 2 fully saturated rings. The molecule has 35 heavy (non-hydrogen) atoms. The van der Waals surface area contributed by atoms with Gasteiger partial charge < -0.3 is 19.7 Å². The molecule has 0 radical (unpaired) electrons. The highest BCUT2D eigenvalue weighted by Crippen LogP contribution is 2.31. The Hall–Kier alpha value is -3.74. The van der Waals surface area contributed by atoms with Gasteiger partial charge in [-0.1, -0.05) is 0 Å². The van der Waals surface area contributed by atoms with E-state index < -0.39 is 24.0 Å². The number of carbonyl (C=O) groups excluding carboxylic acids is 2. The second-order valence-electron chi connectivity index (χ2n) is 9.76. The molecule has 1 aliphatic heterocycles. The normalized spacial score (nSPS) is 20.0. The number of ether oxygens (including phenoxy) is 2. The molecule has 1 N–H and O–H groups in total. The number of likely N-dealkylation sites (tertiary alicyclic amines) is 1. The quantitative estimate of drug-likeness (QED) is 0.683. The topological polar surface area (TPSA) is 117 Å². The first-order valence-electron chi connectivity index (χ1n) is 11.6. The van der Waals surface area contributed by atoms with Gasteiger partial charge in [-0.05, 0) is 51.8 Å². The minimum absolute atomic E-state index is 0.0466. The predicted molar refractivity (Wildman–Crippen MR) is 125 cm³/mol. The summed E-state index contributed by atoms with van der Waals surface area (Å²) in [4.78, 5) is 33.9. The molecule has 1 saturated carbocycles. The van der Waals surface area contributed by atoms with E-state index in [0.717, 1.165) is 12.8 Å². The van der Waals surface area contributed by atoms with Crippen molar-refractivity contribution in [1.82, 2.24) is 14.9 Å². The molecule has 2 amide bonds. The number of benzene rings is 1. The highest BCUT2D eigenvalue weighted by Gasteiger charge is 2.35. The first-order valence-corrected chi connectivity index (χ1v) is 11.6. The van der Waals surface area contributed by atoms with E-state index in [1.165, 1.54) is 11.2 Å². The summed E-state index contributed by atoms with van der Waals surface area (Å²) in [5.74, 6) is 0.633. The summed E-state index contributed by atoms with van der Waals surface area (Å²) in [6.45, 7) is 5.42. The molecule has 1 aromatic heterocycles. The molecule has 0 bridgehead atoms. The monoisotopic (exact) mass is 481 g/mol. The molecule has 2 aromatic rings. The fourth-order valence-electron chi connectivity index (χ4n) is 3.71. The number of alkyl halides is 1. The Morgan fingerprint density at radius 3 is 2.63 bits per heavy atom. The Labute approximate surface area is 203 Å². The number of anilines is 1. The van der Waals surface area contributed by atoms with Gasteiger partial charge in [-0.25, -0.2) is 19.2 Å². The van der Waals surface area contributed by atoms with Crippen molar-refractivity contribution < 1.29 is 23.5 Å². The Morgan fingerprint density at radius 2 is 1.97 bits per heavy atom. The van der Waals surface area contributed by atoms with Crippen LogP contribution < -0.4 is 10.1 Å². The van der Waals surface area contributed by atoms with Crippen LogP contribution in [0.5, 0.6) is 5.75 Å². The number of nitriles is 1. The number of amides is 2. The molecule has 2 atom stereocenters. The van der Waals surface area contributed by atoms with Gasteiger partial charge in [0.2, 0.25) is 5.91 Å². The SMILES string of the molecule is CC(C)(C)OC(=O)N1CC[C@H](Oc2ccc(-c3cc(NC(=O)C4CC4)ncn3)cc2C#N)[C@H](F)C1. The Bertz CT molecular complexity index is 1160. The minimum atomic E-state index is -1.43. The Kier molecular flexibility index (Phi) is 6.87. The predicted octanol–water partition coefficient (Wildman–Crippen LogP) is 4.09. The van der Waals surface area contributed by atoms with Crippen LogP contribution in [0.15, 0.2) is 30.6 Å². The largest absolute Gasteiger partial charge is 0.486 e. The van der Waals surface area contributed by atoms with E-state index in [0.29, 0.717) is 17.1 Å². The molecule has 184 valence electrons. The molecule has 10 heteroatoms. The van der Waals surface area contributed by atoms with Crippen LogP contribution in [0.1, 0.15) is 45.6 Å². The number of nitrogens with zero attached hydrogens (tertiary/aromatic N) is 4. The van der Waals surface area contributed by atoms with Gasteiger partial charge in [-0.2, -0.15) is 5.26 Å². The van der Waals surface area contributed by atoms with Crippen LogP contribution in [0, 0.1) is 17.2 Å². The van der Waals surface area contributed by atoms with Gasteiger partial charge in [-0.15, -0.1) is 0 Å². The summed E-state index contributed by atoms with van der Waals surface area (Å²) in [6.07, 6.45) is 0.603. The number of rotatable bonds is 5. The van der Waals surface area contributed by atoms with Gasteiger partial charge in [0, 0.05) is 30.5 Å². The van der Waals surface area contributed by atoms with Crippen LogP contribution in [-0.4, -0.2) is 57.8 Å². The van der Waals surface area contributed by atoms with Gasteiger partial charge in [-0.3, -0.25) is 4.79 Å². The highest BCUT2D eigenvalue weighted by atomic mass is 19.1. The van der Waals surface area contributed by atoms with Crippen molar-refractivity contribution in [2.75, 3.05) is 18.4 Å². The van der Waals surface area contributed by atoms with E-state index in [4.69, 9.17) is 9.47 Å². The molecule has 1 saturated heterocycles. The number of halogens is 1. The summed E-state index contributed by atoms with van der Waals surface area (Å²) in [6, 6.07) is 8.65. The van der Waals surface area contributed by atoms with Crippen molar-refractivity contribution in [2.24, 2.45) is 5.92 Å². The third kappa shape index (κ3) is 6.23. The van der Waals surface area contributed by atoms with Gasteiger partial charge in [0.15, 0.2) is 6.17 Å². The third-order valence-electron chi connectivity index (χ3n) is 5.67. The average molecular weight is 482 g/mol. The second kappa shape index (κ2) is 9.86. The van der Waals surface area contributed by atoms with Crippen LogP contribution in [0.25, 0.3) is 11.3 Å². The number of hydrogen-bond donors (Lipinski definition) is 1. The lowest BCUT2D eigenvalue weighted by molar-refractivity contribution is -0.117. The number of carbonyl (C=O) groups is 2. The maximum Gasteiger partial charge on any atom is 0.410 e. The Morgan fingerprint density at radius 1 is 1.20 bits per heavy atom. The molecule has 1 aliphatic carbocycles. The molecule has 2 heterocycles. The zero-order valence-electron chi connectivity index (χ0n) is 20.0. The number of aromatic nitrogens is 2. The van der Waals surface area contributed by atoms with Crippen LogP contribution in [0.4, 0.5) is 15.0 Å². The van der Waals surface area contributed by atoms with Crippen LogP contribution in [0.3, 0.4) is 0 Å². The first kappa shape index (κ1) is 24.4. The fraction of sp³-hybridized carbons (Fsp3) is 0.480. The summed E-state index contributed by atoms with van der Waals surface area (Å²) >= 11 is 0. The maximum absolute atomic E-state index is 14.9. The van der Waals surface area contributed by atoms with Crippen molar-refractivity contribution in [3.05, 3.63) is 36.2 Å². The molecule has 4 rings (SSSR count). The average Bonchev–Trinajstić information content (AvgIpc) is 3.65. The zero-order valence-corrected chi connectivity index (χ0v) is 20.0. The third-order valence-corrected chi connectivity index (χ3v) is 5.67. The molecular weight excluding hydrogens is 453 g/mol. The van der Waals surface area contributed by atoms with E-state index in [2.05, 4.69) is 21.4 Å². The molecule has 0 unspecified atom stereocenters. The maximum atomic E-state index is 14.9. The van der Waals surface area contributed by atoms with Crippen molar-refractivity contribution in [3.8, 4) is 23.1 Å². The van der Waals surface area contributed by atoms with Gasteiger partial charge in [0.05, 0.1) is 17.8 Å². The number of piperidine rings is 1. The van der Waals surface area contributed by atoms with Crippen LogP contribution in [0.2, 0.25) is 0 Å². The van der Waals surface area contributed by atoms with Crippen LogP contribution >= 0.6 is 0 Å².